The van der Waals surface area contributed by atoms with Gasteiger partial charge in [0.15, 0.2) is 0 Å². The summed E-state index contributed by atoms with van der Waals surface area (Å²) in [5.74, 6) is 1.31. The lowest BCUT2D eigenvalue weighted by Gasteiger charge is -2.06. The van der Waals surface area contributed by atoms with Crippen LogP contribution in [0.15, 0.2) is 41.4 Å². The maximum Gasteiger partial charge on any atom is 0.217 e. The van der Waals surface area contributed by atoms with Crippen LogP contribution in [0.3, 0.4) is 0 Å². The Morgan fingerprint density at radius 3 is 3.18 bits per heavy atom. The molecule has 2 aliphatic rings. The number of guanidine groups is 1. The van der Waals surface area contributed by atoms with E-state index in [0.29, 0.717) is 5.96 Å². The van der Waals surface area contributed by atoms with Gasteiger partial charge in [0.1, 0.15) is 5.82 Å². The van der Waals surface area contributed by atoms with E-state index in [1.165, 1.54) is 0 Å². The van der Waals surface area contributed by atoms with Gasteiger partial charge in [-0.25, -0.2) is 5.01 Å². The Morgan fingerprint density at radius 2 is 2.27 bits per heavy atom. The topological polar surface area (TPSA) is 53.6 Å². The first-order valence-electron chi connectivity index (χ1n) is 3.32. The summed E-state index contributed by atoms with van der Waals surface area (Å²) in [6.45, 7) is 0. The van der Waals surface area contributed by atoms with Crippen molar-refractivity contribution in [3.63, 3.8) is 0 Å². The summed E-state index contributed by atoms with van der Waals surface area (Å²) in [7, 11) is 0. The molecule has 2 rings (SSSR count). The van der Waals surface area contributed by atoms with Crippen molar-refractivity contribution in [3.05, 3.63) is 36.3 Å². The van der Waals surface area contributed by atoms with Crippen molar-refractivity contribution >= 4 is 5.96 Å². The van der Waals surface area contributed by atoms with Crippen LogP contribution in [0, 0.1) is 0 Å². The van der Waals surface area contributed by atoms with Crippen molar-refractivity contribution in [2.75, 3.05) is 0 Å². The van der Waals surface area contributed by atoms with Crippen molar-refractivity contribution in [1.29, 1.82) is 0 Å². The molecule has 4 heteroatoms. The molecule has 0 aromatic carbocycles. The monoisotopic (exact) mass is 148 g/mol. The lowest BCUT2D eigenvalue weighted by Crippen LogP contribution is -2.26. The minimum absolute atomic E-state index is 0.427. The molecule has 0 aromatic heterocycles. The van der Waals surface area contributed by atoms with Gasteiger partial charge in [0.2, 0.25) is 5.96 Å². The molecule has 3 N–H and O–H groups in total. The van der Waals surface area contributed by atoms with Crippen LogP contribution >= 0.6 is 0 Å². The van der Waals surface area contributed by atoms with Gasteiger partial charge in [-0.1, -0.05) is 12.2 Å². The number of nitrogens with one attached hydrogen (secondary N) is 1. The molecule has 0 unspecified atom stereocenters. The fraction of sp³-hybridized carbons (Fsp3) is 0. The molecule has 0 atom stereocenters. The van der Waals surface area contributed by atoms with Gasteiger partial charge in [-0.3, -0.25) is 0 Å². The minimum Gasteiger partial charge on any atom is -0.368 e. The second-order valence-electron chi connectivity index (χ2n) is 2.23. The summed E-state index contributed by atoms with van der Waals surface area (Å²) in [6, 6.07) is 0. The Kier molecular flexibility index (Phi) is 1.18. The van der Waals surface area contributed by atoms with Crippen LogP contribution in [-0.4, -0.2) is 11.0 Å². The molecule has 0 radical (unpaired) electrons. The smallest absolute Gasteiger partial charge is 0.217 e. The fourth-order valence-corrected chi connectivity index (χ4v) is 0.957. The summed E-state index contributed by atoms with van der Waals surface area (Å²) in [5, 5.41) is 8.59. The van der Waals surface area contributed by atoms with Gasteiger partial charge in [-0.15, -0.1) is 5.10 Å². The maximum absolute atomic E-state index is 5.44. The van der Waals surface area contributed by atoms with Gasteiger partial charge in [-0.05, 0) is 12.2 Å². The van der Waals surface area contributed by atoms with Crippen molar-refractivity contribution in [2.45, 2.75) is 0 Å². The molecule has 4 nitrogen and oxygen atoms in total. The van der Waals surface area contributed by atoms with Crippen LogP contribution in [-0.2, 0) is 0 Å². The van der Waals surface area contributed by atoms with E-state index >= 15 is 0 Å². The molecule has 2 heterocycles. The second kappa shape index (κ2) is 2.16. The molecule has 0 saturated carbocycles. The van der Waals surface area contributed by atoms with E-state index in [1.807, 2.05) is 30.5 Å². The van der Waals surface area contributed by atoms with E-state index in [4.69, 9.17) is 5.73 Å². The molecule has 0 amide bonds. The molecule has 11 heavy (non-hydrogen) atoms. The number of hydrogen-bond acceptors (Lipinski definition) is 4. The first-order chi connectivity index (χ1) is 5.36. The third-order valence-corrected chi connectivity index (χ3v) is 1.42. The van der Waals surface area contributed by atoms with Crippen LogP contribution in [0.4, 0.5) is 0 Å². The lowest BCUT2D eigenvalue weighted by molar-refractivity contribution is 0.510. The maximum atomic E-state index is 5.44. The van der Waals surface area contributed by atoms with E-state index in [9.17, 15) is 0 Å². The summed E-state index contributed by atoms with van der Waals surface area (Å²) >= 11 is 0. The highest BCUT2D eigenvalue weighted by molar-refractivity contribution is 5.81. The van der Waals surface area contributed by atoms with Gasteiger partial charge >= 0.3 is 0 Å². The van der Waals surface area contributed by atoms with Crippen molar-refractivity contribution in [3.8, 4) is 0 Å². The van der Waals surface area contributed by atoms with E-state index < -0.39 is 0 Å². The van der Waals surface area contributed by atoms with Crippen molar-refractivity contribution < 1.29 is 0 Å². The Hall–Kier alpha value is -1.71. The van der Waals surface area contributed by atoms with Gasteiger partial charge < -0.3 is 11.1 Å². The number of nitrogens with two attached hydrogens (primary N) is 1. The van der Waals surface area contributed by atoms with Crippen LogP contribution < -0.4 is 11.1 Å². The zero-order valence-corrected chi connectivity index (χ0v) is 5.86. The SMILES string of the molecule is NC1=NN2C=CC=CC=C2N1. The molecule has 0 spiro atoms. The average Bonchev–Trinajstić information content (AvgIpc) is 2.17. The number of rotatable bonds is 0. The standard InChI is InChI=1S/C7H8N4/c8-7-9-6-4-2-1-3-5-11(6)10-7/h1-5H,(H3,8,9,10). The Morgan fingerprint density at radius 1 is 1.36 bits per heavy atom. The van der Waals surface area contributed by atoms with Gasteiger partial charge in [-0.2, -0.15) is 0 Å². The van der Waals surface area contributed by atoms with Gasteiger partial charge in [0.05, 0.1) is 0 Å². The quantitative estimate of drug-likeness (QED) is 0.510. The van der Waals surface area contributed by atoms with Crippen LogP contribution in [0.25, 0.3) is 0 Å². The van der Waals surface area contributed by atoms with Gasteiger partial charge in [0.25, 0.3) is 0 Å². The lowest BCUT2D eigenvalue weighted by atomic mass is 10.5. The van der Waals surface area contributed by atoms with E-state index in [0.717, 1.165) is 5.82 Å². The van der Waals surface area contributed by atoms with E-state index in [-0.39, 0.29) is 0 Å². The second-order valence-corrected chi connectivity index (χ2v) is 2.23. The Labute approximate surface area is 64.4 Å². The fourth-order valence-electron chi connectivity index (χ4n) is 0.957. The highest BCUT2D eigenvalue weighted by atomic mass is 15.6. The molecule has 0 fully saturated rings. The summed E-state index contributed by atoms with van der Waals surface area (Å²) in [6.07, 6.45) is 9.49. The number of allylic oxidation sites excluding steroid dienone is 4. The molecule has 2 aliphatic heterocycles. The summed E-state index contributed by atoms with van der Waals surface area (Å²) in [4.78, 5) is 0. The van der Waals surface area contributed by atoms with Crippen LogP contribution in [0.5, 0.6) is 0 Å². The van der Waals surface area contributed by atoms with Crippen LogP contribution in [0.1, 0.15) is 0 Å². The first-order valence-corrected chi connectivity index (χ1v) is 3.32. The predicted molar refractivity (Wildman–Crippen MR) is 43.0 cm³/mol. The summed E-state index contributed by atoms with van der Waals surface area (Å²) in [5.41, 5.74) is 5.44. The molecule has 0 saturated heterocycles. The summed E-state index contributed by atoms with van der Waals surface area (Å²) < 4.78 is 0. The normalized spacial score (nSPS) is 20.2. The zero-order chi connectivity index (χ0) is 7.68. The number of fused-ring (bicyclic) bond motifs is 1. The number of nitrogens with zero attached hydrogens (tertiary/aromatic N) is 2. The Balaban J connectivity index is 2.33. The third-order valence-electron chi connectivity index (χ3n) is 1.42. The molecule has 0 aliphatic carbocycles. The molecule has 0 bridgehead atoms. The first kappa shape index (κ1) is 6.03. The molecule has 56 valence electrons. The van der Waals surface area contributed by atoms with Gasteiger partial charge in [0, 0.05) is 6.20 Å². The number of hydrazone groups is 1. The molecular weight excluding hydrogens is 140 g/mol. The minimum atomic E-state index is 0.427. The largest absolute Gasteiger partial charge is 0.368 e. The molecule has 0 aromatic rings. The van der Waals surface area contributed by atoms with E-state index in [2.05, 4.69) is 10.4 Å². The average molecular weight is 148 g/mol. The van der Waals surface area contributed by atoms with Crippen molar-refractivity contribution in [2.24, 2.45) is 10.8 Å². The Bertz CT molecular complexity index is 285. The predicted octanol–water partition coefficient (Wildman–Crippen LogP) is 0.0462. The highest BCUT2D eigenvalue weighted by Crippen LogP contribution is 2.10. The van der Waals surface area contributed by atoms with Crippen molar-refractivity contribution in [1.82, 2.24) is 10.3 Å². The molecular formula is C7H8N4. The highest BCUT2D eigenvalue weighted by Gasteiger charge is 2.14. The van der Waals surface area contributed by atoms with Crippen LogP contribution in [0.2, 0.25) is 0 Å². The zero-order valence-electron chi connectivity index (χ0n) is 5.86. The van der Waals surface area contributed by atoms with E-state index in [1.54, 1.807) is 5.01 Å². The number of hydrogen-bond donors (Lipinski definition) is 2. The third kappa shape index (κ3) is 0.980.